The van der Waals surface area contributed by atoms with Gasteiger partial charge in [-0.1, -0.05) is 23.7 Å². The third-order valence-corrected chi connectivity index (χ3v) is 4.97. The highest BCUT2D eigenvalue weighted by Crippen LogP contribution is 2.22. The molecule has 1 aliphatic rings. The topological polar surface area (TPSA) is 55.8 Å². The molecule has 0 radical (unpaired) electrons. The Balaban J connectivity index is 1.48. The number of amides is 1. The third kappa shape index (κ3) is 5.01. The lowest BCUT2D eigenvalue weighted by molar-refractivity contribution is -0.151. The average Bonchev–Trinajstić information content (AvgIpc) is 2.72. The molecule has 27 heavy (non-hydrogen) atoms. The minimum atomic E-state index is -0.212. The largest absolute Gasteiger partial charge is 0.497 e. The predicted molar refractivity (Wildman–Crippen MR) is 103 cm³/mol. The molecule has 1 amide bonds. The molecule has 6 heteroatoms. The normalized spacial score (nSPS) is 14.7. The first kappa shape index (κ1) is 19.2. The van der Waals surface area contributed by atoms with Crippen LogP contribution in [0.25, 0.3) is 0 Å². The molecule has 0 bridgehead atoms. The maximum absolute atomic E-state index is 12.5. The molecule has 2 aromatic rings. The lowest BCUT2D eigenvalue weighted by atomic mass is 9.96. The lowest BCUT2D eigenvalue weighted by Crippen LogP contribution is -2.40. The summed E-state index contributed by atoms with van der Waals surface area (Å²) in [6.45, 7) is 1.31. The zero-order valence-corrected chi connectivity index (χ0v) is 15.9. The van der Waals surface area contributed by atoms with E-state index < -0.39 is 0 Å². The van der Waals surface area contributed by atoms with Crippen LogP contribution in [0.5, 0.6) is 5.75 Å². The molecule has 142 valence electrons. The molecule has 1 aliphatic heterocycles. The molecule has 0 atom stereocenters. The number of hydrogen-bond acceptors (Lipinski definition) is 4. The van der Waals surface area contributed by atoms with Gasteiger partial charge in [0.05, 0.1) is 13.0 Å². The van der Waals surface area contributed by atoms with Crippen LogP contribution in [0.15, 0.2) is 48.5 Å². The quantitative estimate of drug-likeness (QED) is 0.729. The molecule has 0 spiro atoms. The van der Waals surface area contributed by atoms with Crippen molar-refractivity contribution in [2.45, 2.75) is 19.4 Å². The van der Waals surface area contributed by atoms with Crippen LogP contribution in [-0.2, 0) is 16.1 Å². The second kappa shape index (κ2) is 8.91. The Bertz CT molecular complexity index is 798. The highest BCUT2D eigenvalue weighted by atomic mass is 35.5. The van der Waals surface area contributed by atoms with Gasteiger partial charge in [-0.15, -0.1) is 0 Å². The van der Waals surface area contributed by atoms with Crippen molar-refractivity contribution in [1.29, 1.82) is 0 Å². The van der Waals surface area contributed by atoms with Gasteiger partial charge in [-0.05, 0) is 54.8 Å². The predicted octanol–water partition coefficient (Wildman–Crippen LogP) is 3.94. The summed E-state index contributed by atoms with van der Waals surface area (Å²) >= 11 is 5.86. The van der Waals surface area contributed by atoms with Crippen LogP contribution in [0.1, 0.15) is 28.8 Å². The lowest BCUT2D eigenvalue weighted by Gasteiger charge is -2.31. The van der Waals surface area contributed by atoms with E-state index in [1.54, 1.807) is 36.3 Å². The molecular formula is C21H22ClNO4. The van der Waals surface area contributed by atoms with Crippen molar-refractivity contribution in [2.24, 2.45) is 5.92 Å². The van der Waals surface area contributed by atoms with Gasteiger partial charge in [0.1, 0.15) is 12.4 Å². The number of carbonyl (C=O) groups is 2. The number of hydrogen-bond donors (Lipinski definition) is 0. The number of piperidine rings is 1. The van der Waals surface area contributed by atoms with Crippen molar-refractivity contribution >= 4 is 23.5 Å². The van der Waals surface area contributed by atoms with E-state index in [2.05, 4.69) is 0 Å². The van der Waals surface area contributed by atoms with E-state index in [0.29, 0.717) is 36.5 Å². The number of esters is 1. The zero-order chi connectivity index (χ0) is 19.2. The minimum absolute atomic E-state index is 0.0325. The van der Waals surface area contributed by atoms with E-state index in [0.717, 1.165) is 11.3 Å². The first-order valence-electron chi connectivity index (χ1n) is 8.91. The summed E-state index contributed by atoms with van der Waals surface area (Å²) in [5.74, 6) is 0.314. The highest BCUT2D eigenvalue weighted by molar-refractivity contribution is 6.30. The van der Waals surface area contributed by atoms with Crippen molar-refractivity contribution in [3.8, 4) is 5.75 Å². The van der Waals surface area contributed by atoms with Crippen LogP contribution in [0.4, 0.5) is 0 Å². The molecule has 0 unspecified atom stereocenters. The maximum atomic E-state index is 12.5. The first-order valence-corrected chi connectivity index (χ1v) is 9.29. The van der Waals surface area contributed by atoms with Crippen molar-refractivity contribution in [1.82, 2.24) is 4.90 Å². The number of likely N-dealkylation sites (tertiary alicyclic amines) is 1. The number of ether oxygens (including phenoxy) is 2. The van der Waals surface area contributed by atoms with E-state index in [1.165, 1.54) is 0 Å². The molecular weight excluding hydrogens is 366 g/mol. The van der Waals surface area contributed by atoms with Gasteiger partial charge < -0.3 is 14.4 Å². The van der Waals surface area contributed by atoms with Gasteiger partial charge in [0, 0.05) is 23.7 Å². The SMILES string of the molecule is COc1cccc(COC(=O)C2CCN(C(=O)c3ccc(Cl)cc3)CC2)c1. The van der Waals surface area contributed by atoms with Crippen molar-refractivity contribution in [3.05, 3.63) is 64.7 Å². The van der Waals surface area contributed by atoms with Gasteiger partial charge in [-0.25, -0.2) is 0 Å². The number of halogens is 1. The second-order valence-corrected chi connectivity index (χ2v) is 6.97. The molecule has 0 aliphatic carbocycles. The van der Waals surface area contributed by atoms with Crippen LogP contribution in [-0.4, -0.2) is 37.0 Å². The minimum Gasteiger partial charge on any atom is -0.497 e. The van der Waals surface area contributed by atoms with Gasteiger partial charge >= 0.3 is 5.97 Å². The number of methoxy groups -OCH3 is 1. The van der Waals surface area contributed by atoms with Crippen LogP contribution >= 0.6 is 11.6 Å². The standard InChI is InChI=1S/C21H22ClNO4/c1-26-19-4-2-3-15(13-19)14-27-21(25)17-9-11-23(12-10-17)20(24)16-5-7-18(22)8-6-16/h2-8,13,17H,9-12,14H2,1H3. The Morgan fingerprint density at radius 1 is 1.11 bits per heavy atom. The fourth-order valence-corrected chi connectivity index (χ4v) is 3.25. The van der Waals surface area contributed by atoms with Gasteiger partial charge in [0.15, 0.2) is 0 Å². The monoisotopic (exact) mass is 387 g/mol. The molecule has 2 aromatic carbocycles. The number of benzene rings is 2. The van der Waals surface area contributed by atoms with E-state index in [-0.39, 0.29) is 24.4 Å². The Hall–Kier alpha value is -2.53. The van der Waals surface area contributed by atoms with Crippen LogP contribution in [0.3, 0.4) is 0 Å². The van der Waals surface area contributed by atoms with Gasteiger partial charge in [0.2, 0.25) is 0 Å². The molecule has 3 rings (SSSR count). The Kier molecular flexibility index (Phi) is 6.35. The van der Waals surface area contributed by atoms with E-state index in [1.807, 2.05) is 24.3 Å². The molecule has 1 fully saturated rings. The highest BCUT2D eigenvalue weighted by Gasteiger charge is 2.28. The Morgan fingerprint density at radius 3 is 2.48 bits per heavy atom. The molecule has 1 saturated heterocycles. The van der Waals surface area contributed by atoms with Crippen LogP contribution in [0, 0.1) is 5.92 Å². The first-order chi connectivity index (χ1) is 13.1. The summed E-state index contributed by atoms with van der Waals surface area (Å²) in [6, 6.07) is 14.3. The molecule has 0 N–H and O–H groups in total. The van der Waals surface area contributed by atoms with Crippen molar-refractivity contribution in [2.75, 3.05) is 20.2 Å². The number of nitrogens with zero attached hydrogens (tertiary/aromatic N) is 1. The van der Waals surface area contributed by atoms with Gasteiger partial charge in [-0.3, -0.25) is 9.59 Å². The summed E-state index contributed by atoms with van der Waals surface area (Å²) in [5.41, 5.74) is 1.50. The molecule has 0 saturated carbocycles. The number of carbonyl (C=O) groups excluding carboxylic acids is 2. The van der Waals surface area contributed by atoms with Crippen molar-refractivity contribution in [3.63, 3.8) is 0 Å². The fourth-order valence-electron chi connectivity index (χ4n) is 3.13. The summed E-state index contributed by atoms with van der Waals surface area (Å²) < 4.78 is 10.6. The van der Waals surface area contributed by atoms with Crippen LogP contribution < -0.4 is 4.74 Å². The van der Waals surface area contributed by atoms with Gasteiger partial charge in [-0.2, -0.15) is 0 Å². The summed E-state index contributed by atoms with van der Waals surface area (Å²) in [7, 11) is 1.60. The second-order valence-electron chi connectivity index (χ2n) is 6.53. The molecule has 5 nitrogen and oxygen atoms in total. The zero-order valence-electron chi connectivity index (χ0n) is 15.2. The van der Waals surface area contributed by atoms with Crippen LogP contribution in [0.2, 0.25) is 5.02 Å². The average molecular weight is 388 g/mol. The maximum Gasteiger partial charge on any atom is 0.309 e. The smallest absolute Gasteiger partial charge is 0.309 e. The van der Waals surface area contributed by atoms with Crippen molar-refractivity contribution < 1.29 is 19.1 Å². The fraction of sp³-hybridized carbons (Fsp3) is 0.333. The third-order valence-electron chi connectivity index (χ3n) is 4.72. The Labute approximate surface area is 163 Å². The summed E-state index contributed by atoms with van der Waals surface area (Å²) in [4.78, 5) is 26.6. The van der Waals surface area contributed by atoms with E-state index in [9.17, 15) is 9.59 Å². The number of rotatable bonds is 5. The Morgan fingerprint density at radius 2 is 1.81 bits per heavy atom. The van der Waals surface area contributed by atoms with E-state index in [4.69, 9.17) is 21.1 Å². The molecule has 1 heterocycles. The van der Waals surface area contributed by atoms with E-state index >= 15 is 0 Å². The molecule has 0 aromatic heterocycles. The van der Waals surface area contributed by atoms with Gasteiger partial charge in [0.25, 0.3) is 5.91 Å². The summed E-state index contributed by atoms with van der Waals surface area (Å²) in [5, 5.41) is 0.601. The summed E-state index contributed by atoms with van der Waals surface area (Å²) in [6.07, 6.45) is 1.21.